The first kappa shape index (κ1) is 11.4. The van der Waals surface area contributed by atoms with Crippen LogP contribution in [0.25, 0.3) is 0 Å². The summed E-state index contributed by atoms with van der Waals surface area (Å²) in [7, 11) is 0. The Morgan fingerprint density at radius 3 is 2.80 bits per heavy atom. The van der Waals surface area contributed by atoms with Gasteiger partial charge in [0.05, 0.1) is 18.3 Å². The molecule has 2 atom stereocenters. The lowest BCUT2D eigenvalue weighted by molar-refractivity contribution is -0.0361. The first-order valence-corrected chi connectivity index (χ1v) is 6.26. The van der Waals surface area contributed by atoms with E-state index in [0.29, 0.717) is 6.10 Å². The molecular weight excluding hydrogens is 190 g/mol. The molecule has 1 aliphatic carbocycles. The Hall–Kier alpha value is -0.120. The summed E-state index contributed by atoms with van der Waals surface area (Å²) in [5.74, 6) is 0. The molecule has 2 rings (SSSR count). The summed E-state index contributed by atoms with van der Waals surface area (Å²) in [4.78, 5) is 0. The molecule has 1 saturated carbocycles. The second kappa shape index (κ2) is 4.81. The predicted octanol–water partition coefficient (Wildman–Crippen LogP) is 1.45. The standard InChI is InChI=1S/C12H23NO2/c1-10(9-14)13-8-11-4-7-12(15-11)5-2-3-6-12/h10-11,13-14H,2-9H2,1H3. The zero-order chi connectivity index (χ0) is 10.7. The molecule has 0 aromatic carbocycles. The SMILES string of the molecule is CC(CO)NCC1CCC2(CCCC2)O1. The van der Waals surface area contributed by atoms with Crippen LogP contribution in [0.1, 0.15) is 45.4 Å². The first-order chi connectivity index (χ1) is 7.24. The molecule has 2 aliphatic rings. The van der Waals surface area contributed by atoms with E-state index in [4.69, 9.17) is 9.84 Å². The van der Waals surface area contributed by atoms with Gasteiger partial charge in [-0.25, -0.2) is 0 Å². The maximum atomic E-state index is 8.91. The molecular formula is C12H23NO2. The van der Waals surface area contributed by atoms with Gasteiger partial charge in [0.25, 0.3) is 0 Å². The van der Waals surface area contributed by atoms with Gasteiger partial charge < -0.3 is 15.2 Å². The normalized spacial score (nSPS) is 31.2. The number of nitrogens with one attached hydrogen (secondary N) is 1. The zero-order valence-electron chi connectivity index (χ0n) is 9.67. The minimum absolute atomic E-state index is 0.189. The number of hydrogen-bond donors (Lipinski definition) is 2. The Balaban J connectivity index is 1.73. The quantitative estimate of drug-likeness (QED) is 0.742. The van der Waals surface area contributed by atoms with Gasteiger partial charge >= 0.3 is 0 Å². The fourth-order valence-electron chi connectivity index (χ4n) is 2.82. The average Bonchev–Trinajstić information content (AvgIpc) is 2.86. The fraction of sp³-hybridized carbons (Fsp3) is 1.00. The summed E-state index contributed by atoms with van der Waals surface area (Å²) in [5, 5.41) is 12.2. The summed E-state index contributed by atoms with van der Waals surface area (Å²) in [6, 6.07) is 0.189. The van der Waals surface area contributed by atoms with Crippen LogP contribution >= 0.6 is 0 Å². The van der Waals surface area contributed by atoms with Gasteiger partial charge in [0.1, 0.15) is 0 Å². The predicted molar refractivity (Wildman–Crippen MR) is 59.9 cm³/mol. The number of aliphatic hydroxyl groups is 1. The maximum Gasteiger partial charge on any atom is 0.0708 e. The van der Waals surface area contributed by atoms with E-state index in [-0.39, 0.29) is 18.2 Å². The van der Waals surface area contributed by atoms with E-state index in [2.05, 4.69) is 5.32 Å². The van der Waals surface area contributed by atoms with Gasteiger partial charge in [0.2, 0.25) is 0 Å². The van der Waals surface area contributed by atoms with Crippen LogP contribution in [0.3, 0.4) is 0 Å². The number of ether oxygens (including phenoxy) is 1. The Bertz CT molecular complexity index is 202. The molecule has 3 heteroatoms. The Morgan fingerprint density at radius 2 is 2.13 bits per heavy atom. The molecule has 15 heavy (non-hydrogen) atoms. The van der Waals surface area contributed by atoms with E-state index >= 15 is 0 Å². The molecule has 0 bridgehead atoms. The summed E-state index contributed by atoms with van der Waals surface area (Å²) in [6.07, 6.45) is 8.01. The van der Waals surface area contributed by atoms with Gasteiger partial charge in [-0.05, 0) is 32.6 Å². The summed E-state index contributed by atoms with van der Waals surface area (Å²) in [6.45, 7) is 3.10. The minimum Gasteiger partial charge on any atom is -0.395 e. The molecule has 1 saturated heterocycles. The largest absolute Gasteiger partial charge is 0.395 e. The highest BCUT2D eigenvalue weighted by molar-refractivity contribution is 4.93. The maximum absolute atomic E-state index is 8.91. The van der Waals surface area contributed by atoms with E-state index in [0.717, 1.165) is 6.54 Å². The summed E-state index contributed by atoms with van der Waals surface area (Å²) >= 11 is 0. The third-order valence-corrected chi connectivity index (χ3v) is 3.82. The van der Waals surface area contributed by atoms with E-state index in [1.54, 1.807) is 0 Å². The van der Waals surface area contributed by atoms with Crippen LogP contribution in [0.2, 0.25) is 0 Å². The molecule has 2 fully saturated rings. The van der Waals surface area contributed by atoms with Crippen LogP contribution in [0.5, 0.6) is 0 Å². The van der Waals surface area contributed by atoms with Crippen molar-refractivity contribution in [2.75, 3.05) is 13.2 Å². The van der Waals surface area contributed by atoms with E-state index in [1.165, 1.54) is 38.5 Å². The van der Waals surface area contributed by atoms with Gasteiger partial charge in [0, 0.05) is 12.6 Å². The number of rotatable bonds is 4. The fourth-order valence-corrected chi connectivity index (χ4v) is 2.82. The molecule has 3 nitrogen and oxygen atoms in total. The van der Waals surface area contributed by atoms with Crippen molar-refractivity contribution < 1.29 is 9.84 Å². The third-order valence-electron chi connectivity index (χ3n) is 3.82. The molecule has 2 unspecified atom stereocenters. The van der Waals surface area contributed by atoms with Gasteiger partial charge in [0.15, 0.2) is 0 Å². The monoisotopic (exact) mass is 213 g/mol. The van der Waals surface area contributed by atoms with E-state index in [9.17, 15) is 0 Å². The van der Waals surface area contributed by atoms with Crippen molar-refractivity contribution in [2.45, 2.75) is 63.2 Å². The van der Waals surface area contributed by atoms with Crippen molar-refractivity contribution in [3.63, 3.8) is 0 Å². The Morgan fingerprint density at radius 1 is 1.40 bits per heavy atom. The molecule has 0 amide bonds. The lowest BCUT2D eigenvalue weighted by atomic mass is 9.98. The summed E-state index contributed by atoms with van der Waals surface area (Å²) in [5.41, 5.74) is 0.245. The molecule has 1 aliphatic heterocycles. The van der Waals surface area contributed by atoms with Crippen LogP contribution in [0, 0.1) is 0 Å². The van der Waals surface area contributed by atoms with Crippen molar-refractivity contribution in [1.29, 1.82) is 0 Å². The molecule has 0 aromatic rings. The number of hydrogen-bond acceptors (Lipinski definition) is 3. The van der Waals surface area contributed by atoms with Gasteiger partial charge in [-0.15, -0.1) is 0 Å². The highest BCUT2D eigenvalue weighted by atomic mass is 16.5. The highest BCUT2D eigenvalue weighted by Gasteiger charge is 2.41. The molecule has 2 N–H and O–H groups in total. The van der Waals surface area contributed by atoms with Crippen molar-refractivity contribution in [2.24, 2.45) is 0 Å². The summed E-state index contributed by atoms with van der Waals surface area (Å²) < 4.78 is 6.16. The van der Waals surface area contributed by atoms with Crippen LogP contribution in [-0.4, -0.2) is 36.0 Å². The van der Waals surface area contributed by atoms with Crippen LogP contribution in [-0.2, 0) is 4.74 Å². The highest BCUT2D eigenvalue weighted by Crippen LogP contribution is 2.43. The van der Waals surface area contributed by atoms with Gasteiger partial charge in [-0.2, -0.15) is 0 Å². The van der Waals surface area contributed by atoms with Gasteiger partial charge in [-0.1, -0.05) is 12.8 Å². The second-order valence-electron chi connectivity index (χ2n) is 5.16. The van der Waals surface area contributed by atoms with E-state index < -0.39 is 0 Å². The molecule has 88 valence electrons. The van der Waals surface area contributed by atoms with Crippen molar-refractivity contribution in [3.05, 3.63) is 0 Å². The average molecular weight is 213 g/mol. The zero-order valence-corrected chi connectivity index (χ0v) is 9.67. The van der Waals surface area contributed by atoms with Crippen LogP contribution in [0.15, 0.2) is 0 Å². The molecule has 0 radical (unpaired) electrons. The first-order valence-electron chi connectivity index (χ1n) is 6.26. The third kappa shape index (κ3) is 2.71. The van der Waals surface area contributed by atoms with E-state index in [1.807, 2.05) is 6.92 Å². The Labute approximate surface area is 92.2 Å². The van der Waals surface area contributed by atoms with Gasteiger partial charge in [-0.3, -0.25) is 0 Å². The molecule has 1 heterocycles. The van der Waals surface area contributed by atoms with Crippen molar-refractivity contribution in [3.8, 4) is 0 Å². The lowest BCUT2D eigenvalue weighted by Gasteiger charge is -2.24. The Kier molecular flexibility index (Phi) is 3.65. The number of aliphatic hydroxyl groups excluding tert-OH is 1. The van der Waals surface area contributed by atoms with Crippen molar-refractivity contribution >= 4 is 0 Å². The smallest absolute Gasteiger partial charge is 0.0708 e. The topological polar surface area (TPSA) is 41.5 Å². The second-order valence-corrected chi connectivity index (χ2v) is 5.16. The van der Waals surface area contributed by atoms with Crippen molar-refractivity contribution in [1.82, 2.24) is 5.32 Å². The minimum atomic E-state index is 0.189. The lowest BCUT2D eigenvalue weighted by Crippen LogP contribution is -2.37. The van der Waals surface area contributed by atoms with Crippen LogP contribution in [0.4, 0.5) is 0 Å². The van der Waals surface area contributed by atoms with Crippen LogP contribution < -0.4 is 5.32 Å². The molecule has 0 aromatic heterocycles. The molecule has 1 spiro atoms.